The van der Waals surface area contributed by atoms with Gasteiger partial charge in [-0.1, -0.05) is 0 Å². The number of nitrogens with one attached hydrogen (secondary N) is 1. The lowest BCUT2D eigenvalue weighted by Crippen LogP contribution is -2.09. The molecule has 0 saturated heterocycles. The van der Waals surface area contributed by atoms with E-state index in [-0.39, 0.29) is 42.5 Å². The number of carboxylic acid groups (broad SMARTS) is 1. The zero-order valence-corrected chi connectivity index (χ0v) is 74.6. The van der Waals surface area contributed by atoms with Gasteiger partial charge < -0.3 is 42.6 Å². The number of aliphatic carboxylic acids is 1. The van der Waals surface area contributed by atoms with Crippen molar-refractivity contribution in [2.45, 2.75) is 107 Å². The van der Waals surface area contributed by atoms with Crippen molar-refractivity contribution in [2.24, 2.45) is 0 Å². The van der Waals surface area contributed by atoms with Crippen molar-refractivity contribution in [1.29, 1.82) is 21.0 Å². The molecule has 0 spiro atoms. The van der Waals surface area contributed by atoms with Crippen molar-refractivity contribution in [2.75, 3.05) is 19.8 Å². The van der Waals surface area contributed by atoms with E-state index in [2.05, 4.69) is 132 Å². The lowest BCUT2D eigenvalue weighted by atomic mass is 10.1. The van der Waals surface area contributed by atoms with Crippen LogP contribution in [0.15, 0.2) is 227 Å². The van der Waals surface area contributed by atoms with Crippen LogP contribution in [-0.4, -0.2) is 136 Å². The molecule has 15 aromatic rings. The summed E-state index contributed by atoms with van der Waals surface area (Å²) in [5, 5.41) is 42.8. The molecule has 0 radical (unpaired) electrons. The van der Waals surface area contributed by atoms with Crippen molar-refractivity contribution in [3.8, 4) is 104 Å². The molecule has 4 aromatic carbocycles. The normalized spacial score (nSPS) is 10.5. The van der Waals surface area contributed by atoms with Crippen LogP contribution in [0, 0.1) is 79.9 Å². The summed E-state index contributed by atoms with van der Waals surface area (Å²) >= 11 is 19.7. The van der Waals surface area contributed by atoms with Crippen molar-refractivity contribution in [1.82, 2.24) is 87.2 Å². The number of rotatable bonds is 25. The Morgan fingerprint density at radius 3 is 0.938 bits per heavy atom. The molecule has 0 atom stereocenters. The number of ether oxygens (including phenoxy) is 3. The fraction of sp³-hybridized carbons (Fsp3) is 0.207. The van der Waals surface area contributed by atoms with E-state index in [1.165, 1.54) is 0 Å². The van der Waals surface area contributed by atoms with E-state index in [1.807, 2.05) is 136 Å². The van der Waals surface area contributed by atoms with Crippen LogP contribution in [0.25, 0.3) is 79.7 Å². The summed E-state index contributed by atoms with van der Waals surface area (Å²) in [6.45, 7) is 16.2. The number of nitrogens with zero attached hydrogens (tertiary/aromatic N) is 21. The van der Waals surface area contributed by atoms with Gasteiger partial charge in [-0.3, -0.25) is 32.9 Å². The van der Waals surface area contributed by atoms with E-state index in [9.17, 15) is 34.3 Å². The highest BCUT2D eigenvalue weighted by molar-refractivity contribution is 8.24. The summed E-state index contributed by atoms with van der Waals surface area (Å²) in [4.78, 5) is 95.7. The Morgan fingerprint density at radius 1 is 0.414 bits per heavy atom. The molecule has 0 aliphatic carbocycles. The molecule has 11 aromatic heterocycles. The first kappa shape index (κ1) is 95.4. The Kier molecular flexibility index (Phi) is 34.9. The van der Waals surface area contributed by atoms with Gasteiger partial charge in [0, 0.05) is 155 Å². The third-order valence-electron chi connectivity index (χ3n) is 19.1. The largest absolute Gasteiger partial charge is 0.481 e. The number of carbonyl (C=O) groups is 4. The number of halogens is 4. The van der Waals surface area contributed by atoms with Crippen LogP contribution in [0.5, 0.6) is 0 Å². The van der Waals surface area contributed by atoms with Gasteiger partial charge in [0.05, 0.1) is 121 Å². The summed E-state index contributed by atoms with van der Waals surface area (Å²) in [5.41, 5.74) is 20.5. The van der Waals surface area contributed by atoms with E-state index < -0.39 is 11.2 Å². The maximum atomic E-state index is 11.9. The molecule has 0 bridgehead atoms. The number of aryl methyl sites for hydroxylation is 9. The van der Waals surface area contributed by atoms with E-state index in [4.69, 9.17) is 41.4 Å². The molecule has 31 nitrogen and oxygen atoms in total. The minimum atomic E-state index is -3.22. The lowest BCUT2D eigenvalue weighted by Gasteiger charge is -2.16. The number of benzene rings is 4. The van der Waals surface area contributed by atoms with Gasteiger partial charge in [-0.2, -0.15) is 21.0 Å². The average Bonchev–Trinajstić information content (AvgIpc) is 1.62. The molecule has 15 rings (SSSR count). The number of aromatic nitrogens is 18. The second kappa shape index (κ2) is 46.8. The number of esters is 3. The predicted octanol–water partition coefficient (Wildman–Crippen LogP) is 18.5. The molecule has 11 heterocycles. The molecule has 0 aliphatic rings. The van der Waals surface area contributed by atoms with Crippen molar-refractivity contribution in [3.63, 3.8) is 0 Å². The van der Waals surface area contributed by atoms with Gasteiger partial charge in [0.15, 0.2) is 0 Å². The fourth-order valence-corrected chi connectivity index (χ4v) is 13.5. The van der Waals surface area contributed by atoms with Gasteiger partial charge >= 0.3 is 29.1 Å². The predicted molar refractivity (Wildman–Crippen MR) is 484 cm³/mol. The van der Waals surface area contributed by atoms with Crippen LogP contribution in [0.2, 0.25) is 5.28 Å². The van der Waals surface area contributed by atoms with E-state index >= 15 is 0 Å². The smallest absolute Gasteiger partial charge is 0.339 e. The number of carbonyl (C=O) groups excluding carboxylic acids is 3. The van der Waals surface area contributed by atoms with E-state index in [0.717, 1.165) is 113 Å². The first-order chi connectivity index (χ1) is 61.7. The van der Waals surface area contributed by atoms with E-state index in [1.54, 1.807) is 160 Å². The zero-order valence-electron chi connectivity index (χ0n) is 70.7. The number of aromatic amines is 1. The summed E-state index contributed by atoms with van der Waals surface area (Å²) in [6.07, 6.45) is 32.0. The molecule has 128 heavy (non-hydrogen) atoms. The van der Waals surface area contributed by atoms with Gasteiger partial charge in [-0.25, -0.2) is 54.8 Å². The van der Waals surface area contributed by atoms with Crippen LogP contribution in [0.4, 0.5) is 0 Å². The molecule has 0 amide bonds. The van der Waals surface area contributed by atoms with Gasteiger partial charge in [-0.15, -0.1) is 0 Å². The van der Waals surface area contributed by atoms with Crippen LogP contribution in [0.3, 0.4) is 0 Å². The van der Waals surface area contributed by atoms with E-state index in [0.29, 0.717) is 91.9 Å². The number of hydrogen-bond acceptors (Lipinski definition) is 23. The molecule has 0 fully saturated rings. The number of hydrogen-bond donors (Lipinski definition) is 2. The highest BCUT2D eigenvalue weighted by Gasteiger charge is 2.23. The molecule has 2 N–H and O–H groups in total. The topological polar surface area (TPSA) is 416 Å². The van der Waals surface area contributed by atoms with Gasteiger partial charge in [-0.05, 0) is 270 Å². The minimum Gasteiger partial charge on any atom is -0.481 e. The van der Waals surface area contributed by atoms with Gasteiger partial charge in [0.25, 0.3) is 0 Å². The molecular weight excluding hydrogens is 1730 g/mol. The number of imidazole rings is 3. The first-order valence-corrected chi connectivity index (χ1v) is 44.6. The van der Waals surface area contributed by atoms with Gasteiger partial charge in [0.1, 0.15) is 18.5 Å². The monoisotopic (exact) mass is 1810 g/mol. The Hall–Kier alpha value is -14.8. The molecule has 36 heteroatoms. The maximum absolute atomic E-state index is 11.9. The Balaban J connectivity index is 0.000000171. The van der Waals surface area contributed by atoms with Crippen LogP contribution >= 0.6 is 50.5 Å². The Morgan fingerprint density at radius 2 is 0.703 bits per heavy atom. The minimum absolute atomic E-state index is 0.0227. The van der Waals surface area contributed by atoms with Crippen LogP contribution in [-0.2, 0) is 63.6 Å². The fourth-order valence-electron chi connectivity index (χ4n) is 13.4. The third kappa shape index (κ3) is 26.6. The summed E-state index contributed by atoms with van der Waals surface area (Å²) in [5.74, 6) is 0.214. The molecule has 0 unspecified atom stereocenters. The van der Waals surface area contributed by atoms with Crippen molar-refractivity contribution < 1.29 is 43.1 Å². The lowest BCUT2D eigenvalue weighted by molar-refractivity contribution is -0.144. The van der Waals surface area contributed by atoms with Crippen molar-refractivity contribution >= 4 is 74.4 Å². The SMILES string of the molecule is CCOC(=O)CCc1ccc(-c2cnc(-n3ccnc3)nc2)n1-c1ccc(C#N)cc1C.CCOC(=O)CCc1ccc(-c2cnc(C)nc2)n1-c1ccc(C#N)cc1C.CCOC(=O)CCc1ccc(-c2cnc(Cl)nc2)n1-c1ccc(C#N)cc1C.Cc1cc(C#N)ccc1-n1c(CCC(=O)O)ccc1-c1cnc(-n2ccnc2)nc1.O=P(Cl)(Cl)Cl.c1c[nH]cn1. The second-order valence-corrected chi connectivity index (χ2v) is 34.8. The average molecular weight is 1820 g/mol. The maximum Gasteiger partial charge on any atom is 0.339 e. The summed E-state index contributed by atoms with van der Waals surface area (Å²) < 4.78 is 36.4. The molecule has 650 valence electrons. The summed E-state index contributed by atoms with van der Waals surface area (Å²) in [6, 6.07) is 46.6. The highest BCUT2D eigenvalue weighted by atomic mass is 36.0. The number of nitriles is 4. The molecule has 0 saturated carbocycles. The number of carboxylic acids is 1. The Bertz CT molecular complexity index is 6310. The van der Waals surface area contributed by atoms with Crippen LogP contribution < -0.4 is 0 Å². The first-order valence-electron chi connectivity index (χ1n) is 39.8. The molecular formula is C92H85Cl4N22O9P. The highest BCUT2D eigenvalue weighted by Crippen LogP contribution is 2.61. The quantitative estimate of drug-likeness (QED) is 0.0232. The Labute approximate surface area is 756 Å². The van der Waals surface area contributed by atoms with Crippen LogP contribution in [0.1, 0.15) is 120 Å². The second-order valence-electron chi connectivity index (χ2n) is 27.8. The standard InChI is InChI=1S/C24H22N6O2.C22H18N6O2.C22H22N4O2.C21H19ClN4O2.C3H4N2.Cl3OP/c1-3-32-23(31)9-6-20-5-8-22(30(20)21-7-4-18(13-25)12-17(21)2)19-14-27-24(28-15-19)29-11-10-26-16-29;1-15-10-16(11-23)2-5-19(15)28-18(4-7-21(29)30)3-6-20(28)17-12-25-22(26-13-17)27-9-8-24-14-27;1-4-28-22(27)10-7-19-6-9-21(18-13-24-16(3)25-14-18)26(19)20-8-5-17(12-23)11-15(20)2;1-3-28-20(27)9-6-17-5-8-19(16-12-24-21(22)25-13-16)26(17)18-7-4-15(11-23)10-14(18)2;1-2-5-3-4-1;1-5(2,3)4/h4-5,7-8,10-12,14-16H,3,6,9H2,1-2H3;2-3,5-6,8-10,12-14H,4,7H2,1H3,(H,29,30);5-6,8-9,11,13-14H,4,7,10H2,1-3H3;4-5,7-8,10,12-13H,3,6,9H2,1-2H3;1-3H,(H,4,5);. The van der Waals surface area contributed by atoms with Crippen molar-refractivity contribution in [3.05, 3.63) is 305 Å². The molecule has 0 aliphatic heterocycles. The third-order valence-corrected chi connectivity index (χ3v) is 19.3. The summed E-state index contributed by atoms with van der Waals surface area (Å²) in [7, 11) is 0. The zero-order chi connectivity index (χ0) is 91.8. The number of H-pyrrole nitrogens is 1. The van der Waals surface area contributed by atoms with Gasteiger partial charge in [0.2, 0.25) is 17.2 Å².